The maximum Gasteiger partial charge on any atom is 0.193 e. The first kappa shape index (κ1) is 21.5. The Hall–Kier alpha value is -1.77. The average Bonchev–Trinajstić information content (AvgIpc) is 3.08. The highest BCUT2D eigenvalue weighted by Gasteiger charge is 2.22. The van der Waals surface area contributed by atoms with Gasteiger partial charge in [0, 0.05) is 38.7 Å². The third-order valence-corrected chi connectivity index (χ3v) is 4.48. The van der Waals surface area contributed by atoms with Crippen LogP contribution in [-0.4, -0.2) is 52.9 Å². The number of hydrogen-bond acceptors (Lipinski definition) is 3. The molecule has 1 aromatic heterocycles. The first-order valence-electron chi connectivity index (χ1n) is 9.48. The largest absolute Gasteiger partial charge is 0.490 e. The quantitative estimate of drug-likeness (QED) is 0.389. The van der Waals surface area contributed by atoms with Crippen LogP contribution in [0.15, 0.2) is 47.7 Å². The summed E-state index contributed by atoms with van der Waals surface area (Å²) in [6.45, 7) is 8.49. The number of piperidine rings is 1. The van der Waals surface area contributed by atoms with Gasteiger partial charge in [-0.3, -0.25) is 9.67 Å². The molecular weight excluding hydrogens is 453 g/mol. The summed E-state index contributed by atoms with van der Waals surface area (Å²) in [6.07, 6.45) is 6.24. The summed E-state index contributed by atoms with van der Waals surface area (Å²) in [5.74, 6) is 1.95. The topological polar surface area (TPSA) is 54.7 Å². The molecule has 0 amide bonds. The molecule has 0 atom stereocenters. The molecule has 2 heterocycles. The molecule has 3 rings (SSSR count). The number of aliphatic imine (C=N–C) groups is 1. The number of halogens is 1. The van der Waals surface area contributed by atoms with Crippen molar-refractivity contribution in [3.63, 3.8) is 0 Å². The van der Waals surface area contributed by atoms with Crippen molar-refractivity contribution in [1.82, 2.24) is 20.0 Å². The Morgan fingerprint density at radius 3 is 2.63 bits per heavy atom. The highest BCUT2D eigenvalue weighted by molar-refractivity contribution is 14.0. The number of aromatic nitrogens is 2. The lowest BCUT2D eigenvalue weighted by molar-refractivity contribution is 0.129. The number of likely N-dealkylation sites (tertiary alicyclic amines) is 1. The fourth-order valence-electron chi connectivity index (χ4n) is 3.15. The zero-order chi connectivity index (χ0) is 18.2. The molecule has 1 aromatic carbocycles. The second kappa shape index (κ2) is 11.2. The van der Waals surface area contributed by atoms with Gasteiger partial charge in [0.2, 0.25) is 0 Å². The number of nitrogens with one attached hydrogen (secondary N) is 1. The minimum Gasteiger partial charge on any atom is -0.490 e. The van der Waals surface area contributed by atoms with Crippen LogP contribution in [0.2, 0.25) is 0 Å². The summed E-state index contributed by atoms with van der Waals surface area (Å²) in [6, 6.07) is 10.1. The van der Waals surface area contributed by atoms with E-state index < -0.39 is 0 Å². The molecule has 0 saturated carbocycles. The maximum atomic E-state index is 6.09. The number of ether oxygens (including phenoxy) is 1. The molecule has 1 aliphatic rings. The fraction of sp³-hybridized carbons (Fsp3) is 0.500. The van der Waals surface area contributed by atoms with E-state index in [-0.39, 0.29) is 30.1 Å². The van der Waals surface area contributed by atoms with E-state index in [0.29, 0.717) is 0 Å². The van der Waals surface area contributed by atoms with Crippen LogP contribution in [0.3, 0.4) is 0 Å². The molecule has 6 nitrogen and oxygen atoms in total. The van der Waals surface area contributed by atoms with E-state index in [4.69, 9.17) is 9.73 Å². The van der Waals surface area contributed by atoms with Crippen molar-refractivity contribution in [2.75, 3.05) is 26.2 Å². The minimum absolute atomic E-state index is 0. The third-order valence-electron chi connectivity index (χ3n) is 4.48. The summed E-state index contributed by atoms with van der Waals surface area (Å²) in [5.41, 5.74) is 1.18. The van der Waals surface area contributed by atoms with Gasteiger partial charge in [0.15, 0.2) is 5.96 Å². The molecule has 27 heavy (non-hydrogen) atoms. The molecule has 0 unspecified atom stereocenters. The normalized spacial score (nSPS) is 15.3. The highest BCUT2D eigenvalue weighted by Crippen LogP contribution is 2.18. The molecule has 148 valence electrons. The number of guanidine groups is 1. The third kappa shape index (κ3) is 6.71. The SMILES string of the molecule is CCNC(=NCCn1cc(C)cn1)N1CCC(Oc2ccccc2)CC1.I. The van der Waals surface area contributed by atoms with Crippen LogP contribution >= 0.6 is 24.0 Å². The molecule has 2 aromatic rings. The Morgan fingerprint density at radius 2 is 2.00 bits per heavy atom. The lowest BCUT2D eigenvalue weighted by Gasteiger charge is -2.34. The summed E-state index contributed by atoms with van der Waals surface area (Å²) in [4.78, 5) is 7.12. The molecule has 1 aliphatic heterocycles. The van der Waals surface area contributed by atoms with Crippen LogP contribution < -0.4 is 10.1 Å². The lowest BCUT2D eigenvalue weighted by atomic mass is 10.1. The summed E-state index contributed by atoms with van der Waals surface area (Å²) in [5, 5.41) is 7.73. The van der Waals surface area contributed by atoms with Gasteiger partial charge in [0.25, 0.3) is 0 Å². The first-order chi connectivity index (χ1) is 12.7. The lowest BCUT2D eigenvalue weighted by Crippen LogP contribution is -2.47. The Morgan fingerprint density at radius 1 is 1.26 bits per heavy atom. The number of rotatable bonds is 6. The van der Waals surface area contributed by atoms with Gasteiger partial charge in [-0.1, -0.05) is 18.2 Å². The van der Waals surface area contributed by atoms with Gasteiger partial charge in [-0.15, -0.1) is 24.0 Å². The number of benzene rings is 1. The molecule has 1 N–H and O–H groups in total. The Kier molecular flexibility index (Phi) is 8.90. The van der Waals surface area contributed by atoms with Crippen molar-refractivity contribution >= 4 is 29.9 Å². The van der Waals surface area contributed by atoms with Crippen LogP contribution in [0.5, 0.6) is 5.75 Å². The predicted molar refractivity (Wildman–Crippen MR) is 120 cm³/mol. The van der Waals surface area contributed by atoms with Crippen molar-refractivity contribution < 1.29 is 4.74 Å². The zero-order valence-electron chi connectivity index (χ0n) is 16.2. The second-order valence-corrected chi connectivity index (χ2v) is 6.63. The fourth-order valence-corrected chi connectivity index (χ4v) is 3.15. The minimum atomic E-state index is 0. The van der Waals surface area contributed by atoms with Crippen LogP contribution in [0.25, 0.3) is 0 Å². The van der Waals surface area contributed by atoms with Gasteiger partial charge in [-0.2, -0.15) is 5.10 Å². The second-order valence-electron chi connectivity index (χ2n) is 6.63. The zero-order valence-corrected chi connectivity index (χ0v) is 18.5. The molecule has 1 fully saturated rings. The molecular formula is C20H30IN5O. The predicted octanol–water partition coefficient (Wildman–Crippen LogP) is 3.32. The van der Waals surface area contributed by atoms with Crippen LogP contribution in [0, 0.1) is 6.92 Å². The highest BCUT2D eigenvalue weighted by atomic mass is 127. The molecule has 0 aliphatic carbocycles. The number of hydrogen-bond donors (Lipinski definition) is 1. The van der Waals surface area contributed by atoms with Crippen LogP contribution in [0.1, 0.15) is 25.3 Å². The molecule has 1 saturated heterocycles. The van der Waals surface area contributed by atoms with Crippen molar-refractivity contribution in [3.8, 4) is 5.75 Å². The molecule has 0 radical (unpaired) electrons. The summed E-state index contributed by atoms with van der Waals surface area (Å²) < 4.78 is 8.03. The Balaban J connectivity index is 0.00000261. The number of para-hydroxylation sites is 1. The number of nitrogens with zero attached hydrogens (tertiary/aromatic N) is 4. The van der Waals surface area contributed by atoms with Gasteiger partial charge in [0.1, 0.15) is 11.9 Å². The van der Waals surface area contributed by atoms with Crippen molar-refractivity contribution in [2.45, 2.75) is 39.3 Å². The monoisotopic (exact) mass is 483 g/mol. The van der Waals surface area contributed by atoms with Gasteiger partial charge >= 0.3 is 0 Å². The van der Waals surface area contributed by atoms with E-state index in [1.807, 2.05) is 41.2 Å². The summed E-state index contributed by atoms with van der Waals surface area (Å²) >= 11 is 0. The smallest absolute Gasteiger partial charge is 0.193 e. The first-order valence-corrected chi connectivity index (χ1v) is 9.48. The summed E-state index contributed by atoms with van der Waals surface area (Å²) in [7, 11) is 0. The van der Waals surface area contributed by atoms with Crippen molar-refractivity contribution in [3.05, 3.63) is 48.3 Å². The standard InChI is InChI=1S/C20H29N5O.HI/c1-3-21-20(22-11-14-25-16-17(2)15-23-25)24-12-9-19(10-13-24)26-18-7-5-4-6-8-18;/h4-8,15-16,19H,3,9-14H2,1-2H3,(H,21,22);1H. The van der Waals surface area contributed by atoms with Gasteiger partial charge < -0.3 is 15.0 Å². The number of aryl methyl sites for hydroxylation is 1. The van der Waals surface area contributed by atoms with Crippen LogP contribution in [0.4, 0.5) is 0 Å². The Bertz CT molecular complexity index is 695. The molecule has 0 spiro atoms. The van der Waals surface area contributed by atoms with Gasteiger partial charge in [-0.05, 0) is 31.5 Å². The van der Waals surface area contributed by atoms with E-state index in [0.717, 1.165) is 57.3 Å². The van der Waals surface area contributed by atoms with E-state index in [9.17, 15) is 0 Å². The van der Waals surface area contributed by atoms with E-state index in [2.05, 4.69) is 35.4 Å². The maximum absolute atomic E-state index is 6.09. The molecule has 7 heteroatoms. The van der Waals surface area contributed by atoms with E-state index >= 15 is 0 Å². The Labute approximate surface area is 179 Å². The van der Waals surface area contributed by atoms with E-state index in [1.165, 1.54) is 5.56 Å². The van der Waals surface area contributed by atoms with Crippen LogP contribution in [-0.2, 0) is 6.54 Å². The van der Waals surface area contributed by atoms with Gasteiger partial charge in [-0.25, -0.2) is 0 Å². The van der Waals surface area contributed by atoms with E-state index in [1.54, 1.807) is 0 Å². The van der Waals surface area contributed by atoms with Gasteiger partial charge in [0.05, 0.1) is 19.3 Å². The molecule has 0 bridgehead atoms. The average molecular weight is 483 g/mol. The van der Waals surface area contributed by atoms with Crippen molar-refractivity contribution in [1.29, 1.82) is 0 Å². The van der Waals surface area contributed by atoms with Crippen molar-refractivity contribution in [2.24, 2.45) is 4.99 Å².